The van der Waals surface area contributed by atoms with Gasteiger partial charge in [-0.05, 0) is 61.1 Å². The zero-order chi connectivity index (χ0) is 28.7. The van der Waals surface area contributed by atoms with Gasteiger partial charge in [-0.25, -0.2) is 4.39 Å². The fourth-order valence-electron chi connectivity index (χ4n) is 4.93. The molecule has 4 rings (SSSR count). The molecule has 206 valence electrons. The molecule has 1 aliphatic carbocycles. The number of aromatic nitrogens is 1. The third-order valence-corrected chi connectivity index (χ3v) is 6.73. The Morgan fingerprint density at radius 2 is 1.74 bits per heavy atom. The van der Waals surface area contributed by atoms with Crippen molar-refractivity contribution in [2.24, 2.45) is 11.8 Å². The van der Waals surface area contributed by atoms with E-state index < -0.39 is 52.9 Å². The van der Waals surface area contributed by atoms with Gasteiger partial charge in [0.15, 0.2) is 0 Å². The Kier molecular flexibility index (Phi) is 9.39. The number of nitrogens with one attached hydrogen (secondary N) is 1. The third kappa shape index (κ3) is 6.98. The van der Waals surface area contributed by atoms with Crippen LogP contribution in [0.25, 0.3) is 11.1 Å². The molecule has 1 saturated carbocycles. The first-order chi connectivity index (χ1) is 18.5. The van der Waals surface area contributed by atoms with Crippen molar-refractivity contribution in [1.82, 2.24) is 4.98 Å². The Morgan fingerprint density at radius 1 is 1.08 bits per heavy atom. The molecule has 3 aromatic rings. The molecule has 0 aliphatic heterocycles. The number of amides is 1. The Hall–Kier alpha value is -4.28. The maximum absolute atomic E-state index is 14.3. The minimum absolute atomic E-state index is 0.250. The molecule has 3 N–H and O–H groups in total. The summed E-state index contributed by atoms with van der Waals surface area (Å²) in [7, 11) is 0. The van der Waals surface area contributed by atoms with Crippen LogP contribution in [0.4, 0.5) is 23.2 Å². The van der Waals surface area contributed by atoms with Crippen molar-refractivity contribution >= 4 is 24.0 Å². The number of nitrogens with zero attached hydrogens (tertiary/aromatic N) is 1. The van der Waals surface area contributed by atoms with E-state index in [4.69, 9.17) is 9.90 Å². The smallest absolute Gasteiger partial charge is 0.416 e. The van der Waals surface area contributed by atoms with E-state index in [0.29, 0.717) is 25.0 Å². The van der Waals surface area contributed by atoms with Crippen LogP contribution in [0.3, 0.4) is 0 Å². The Labute approximate surface area is 221 Å². The molecule has 2 aromatic carbocycles. The number of pyridine rings is 1. The van der Waals surface area contributed by atoms with Crippen molar-refractivity contribution in [3.8, 4) is 11.1 Å². The minimum Gasteiger partial charge on any atom is -0.483 e. The fourth-order valence-corrected chi connectivity index (χ4v) is 4.93. The molecular formula is C28H26F4N2O5. The van der Waals surface area contributed by atoms with Crippen molar-refractivity contribution in [3.63, 3.8) is 0 Å². The van der Waals surface area contributed by atoms with E-state index in [0.717, 1.165) is 28.5 Å². The SMILES string of the molecule is Cc1ncccc1-c1ccc([C@H]2CCC[C@@H](C(=O)Nc3ccc(C(F)(F)F)cc3F)[C@@H]2C(=O)O)cc1.O=CO. The lowest BCUT2D eigenvalue weighted by molar-refractivity contribution is -0.148. The van der Waals surface area contributed by atoms with E-state index in [1.54, 1.807) is 6.20 Å². The second-order valence-corrected chi connectivity index (χ2v) is 9.05. The quantitative estimate of drug-likeness (QED) is 0.262. The second kappa shape index (κ2) is 12.5. The standard InChI is InChI=1S/C27H24F4N2O3.CH2O2/c1-15-19(6-3-13-32-15)16-7-9-17(10-8-16)20-4-2-5-21(24(20)26(35)36)25(34)33-23-12-11-18(14-22(23)28)27(29,30)31;2-1-3/h3,6-14,20-21,24H,2,4-5H2,1H3,(H,33,34)(H,35,36);1H,(H,2,3)/t20-,21-,24-;/m1./s1. The molecule has 1 heterocycles. The van der Waals surface area contributed by atoms with Crippen molar-refractivity contribution in [3.05, 3.63) is 83.4 Å². The Morgan fingerprint density at radius 3 is 2.31 bits per heavy atom. The predicted molar refractivity (Wildman–Crippen MR) is 134 cm³/mol. The molecule has 1 amide bonds. The Bertz CT molecular complexity index is 1330. The molecule has 0 radical (unpaired) electrons. The first-order valence-corrected chi connectivity index (χ1v) is 12.0. The van der Waals surface area contributed by atoms with Crippen LogP contribution in [0.5, 0.6) is 0 Å². The van der Waals surface area contributed by atoms with Crippen LogP contribution >= 0.6 is 0 Å². The van der Waals surface area contributed by atoms with E-state index in [9.17, 15) is 32.3 Å². The molecule has 39 heavy (non-hydrogen) atoms. The average molecular weight is 547 g/mol. The third-order valence-electron chi connectivity index (χ3n) is 6.73. The highest BCUT2D eigenvalue weighted by atomic mass is 19.4. The lowest BCUT2D eigenvalue weighted by Crippen LogP contribution is -2.40. The van der Waals surface area contributed by atoms with Gasteiger partial charge in [0.1, 0.15) is 5.82 Å². The summed E-state index contributed by atoms with van der Waals surface area (Å²) in [5.41, 5.74) is 1.92. The number of hydrogen-bond acceptors (Lipinski definition) is 4. The summed E-state index contributed by atoms with van der Waals surface area (Å²) in [4.78, 5) is 37.9. The number of carbonyl (C=O) groups excluding carboxylic acids is 1. The van der Waals surface area contributed by atoms with E-state index in [1.165, 1.54) is 0 Å². The summed E-state index contributed by atoms with van der Waals surface area (Å²) >= 11 is 0. The number of aliphatic carboxylic acids is 1. The summed E-state index contributed by atoms with van der Waals surface area (Å²) < 4.78 is 52.7. The zero-order valence-electron chi connectivity index (χ0n) is 20.8. The van der Waals surface area contributed by atoms with E-state index >= 15 is 0 Å². The maximum Gasteiger partial charge on any atom is 0.416 e. The van der Waals surface area contributed by atoms with Crippen molar-refractivity contribution in [2.45, 2.75) is 38.3 Å². The van der Waals surface area contributed by atoms with Gasteiger partial charge >= 0.3 is 12.1 Å². The van der Waals surface area contributed by atoms with E-state index in [2.05, 4.69) is 10.3 Å². The van der Waals surface area contributed by atoms with Crippen LogP contribution in [0.15, 0.2) is 60.8 Å². The number of aryl methyl sites for hydroxylation is 1. The van der Waals surface area contributed by atoms with Crippen molar-refractivity contribution < 1.29 is 42.2 Å². The normalized spacial score (nSPS) is 18.8. The number of halogens is 4. The van der Waals surface area contributed by atoms with Crippen LogP contribution in [-0.2, 0) is 20.6 Å². The highest BCUT2D eigenvalue weighted by Crippen LogP contribution is 2.43. The van der Waals surface area contributed by atoms with Gasteiger partial charge in [0.2, 0.25) is 5.91 Å². The van der Waals surface area contributed by atoms with Crippen LogP contribution in [0.1, 0.15) is 42.0 Å². The summed E-state index contributed by atoms with van der Waals surface area (Å²) in [6.07, 6.45) is -1.62. The van der Waals surface area contributed by atoms with E-state index in [-0.39, 0.29) is 12.9 Å². The molecule has 0 saturated heterocycles. The largest absolute Gasteiger partial charge is 0.483 e. The summed E-state index contributed by atoms with van der Waals surface area (Å²) in [6, 6.07) is 13.1. The van der Waals surface area contributed by atoms with Gasteiger partial charge in [-0.1, -0.05) is 36.8 Å². The molecule has 1 aliphatic rings. The average Bonchev–Trinajstić information content (AvgIpc) is 2.89. The number of carbonyl (C=O) groups is 3. The number of benzene rings is 2. The number of carboxylic acid groups (broad SMARTS) is 2. The molecule has 1 aromatic heterocycles. The first-order valence-electron chi connectivity index (χ1n) is 12.0. The lowest BCUT2D eigenvalue weighted by atomic mass is 9.69. The van der Waals surface area contributed by atoms with Gasteiger partial charge in [0.05, 0.1) is 23.1 Å². The number of rotatable bonds is 5. The molecule has 0 unspecified atom stereocenters. The molecule has 0 spiro atoms. The zero-order valence-corrected chi connectivity index (χ0v) is 20.8. The van der Waals surface area contributed by atoms with Crippen LogP contribution in [0, 0.1) is 24.6 Å². The van der Waals surface area contributed by atoms with Crippen LogP contribution in [0.2, 0.25) is 0 Å². The number of anilines is 1. The summed E-state index contributed by atoms with van der Waals surface area (Å²) in [5, 5.41) is 19.2. The minimum atomic E-state index is -4.72. The van der Waals surface area contributed by atoms with Gasteiger partial charge in [-0.2, -0.15) is 13.2 Å². The van der Waals surface area contributed by atoms with Crippen LogP contribution < -0.4 is 5.32 Å². The number of hydrogen-bond donors (Lipinski definition) is 3. The monoisotopic (exact) mass is 546 g/mol. The van der Waals surface area contributed by atoms with Gasteiger partial charge in [-0.3, -0.25) is 19.4 Å². The maximum atomic E-state index is 14.3. The van der Waals surface area contributed by atoms with E-state index in [1.807, 2.05) is 43.3 Å². The van der Waals surface area contributed by atoms with Gasteiger partial charge in [-0.15, -0.1) is 0 Å². The van der Waals surface area contributed by atoms with Gasteiger partial charge in [0.25, 0.3) is 6.47 Å². The molecule has 11 heteroatoms. The van der Waals surface area contributed by atoms with Crippen LogP contribution in [-0.4, -0.2) is 33.5 Å². The predicted octanol–water partition coefficient (Wildman–Crippen LogP) is 6.14. The molecule has 3 atom stereocenters. The van der Waals surface area contributed by atoms with Crippen molar-refractivity contribution in [2.75, 3.05) is 5.32 Å². The highest BCUT2D eigenvalue weighted by molar-refractivity contribution is 5.95. The summed E-state index contributed by atoms with van der Waals surface area (Å²) in [5.74, 6) is -5.61. The molecular weight excluding hydrogens is 520 g/mol. The number of alkyl halides is 3. The lowest BCUT2D eigenvalue weighted by Gasteiger charge is -2.35. The molecule has 0 bridgehead atoms. The topological polar surface area (TPSA) is 117 Å². The summed E-state index contributed by atoms with van der Waals surface area (Å²) in [6.45, 7) is 1.65. The molecule has 1 fully saturated rings. The van der Waals surface area contributed by atoms with Gasteiger partial charge in [0, 0.05) is 17.5 Å². The van der Waals surface area contributed by atoms with Crippen molar-refractivity contribution in [1.29, 1.82) is 0 Å². The Balaban J connectivity index is 0.00000134. The number of carboxylic acids is 1. The highest BCUT2D eigenvalue weighted by Gasteiger charge is 2.43. The first kappa shape index (κ1) is 29.3. The molecule has 7 nitrogen and oxygen atoms in total. The second-order valence-electron chi connectivity index (χ2n) is 9.05. The van der Waals surface area contributed by atoms with Gasteiger partial charge < -0.3 is 15.5 Å². The fraction of sp³-hybridized carbons (Fsp3) is 0.286.